The van der Waals surface area contributed by atoms with E-state index in [1.54, 1.807) is 6.08 Å². The fourth-order valence-electron chi connectivity index (χ4n) is 2.74. The van der Waals surface area contributed by atoms with E-state index in [0.29, 0.717) is 23.2 Å². The number of aliphatic imine (C=N–C) groups is 1. The molecule has 1 aliphatic heterocycles. The minimum atomic E-state index is -0.363. The molecule has 0 amide bonds. The molecule has 9 heteroatoms. The molecule has 5 nitrogen and oxygen atoms in total. The number of rotatable bonds is 0. The van der Waals surface area contributed by atoms with Crippen molar-refractivity contribution < 1.29 is 9.68 Å². The fraction of sp³-hybridized carbons (Fsp3) is 0.438. The van der Waals surface area contributed by atoms with Crippen molar-refractivity contribution in [2.24, 2.45) is 10.9 Å². The second-order valence-electron chi connectivity index (χ2n) is 5.78. The van der Waals surface area contributed by atoms with Gasteiger partial charge in [0, 0.05) is 39.4 Å². The van der Waals surface area contributed by atoms with Gasteiger partial charge < -0.3 is 5.32 Å². The second kappa shape index (κ2) is 9.63. The summed E-state index contributed by atoms with van der Waals surface area (Å²) in [6, 6.07) is 0. The Morgan fingerprint density at radius 2 is 1.96 bits per heavy atom. The molecule has 3 aliphatic rings. The highest BCUT2D eigenvalue weighted by Gasteiger charge is 2.30. The van der Waals surface area contributed by atoms with Crippen molar-refractivity contribution in [2.75, 3.05) is 19.6 Å². The molecule has 0 aromatic rings. The maximum atomic E-state index is 6.33. The molecule has 1 heterocycles. The van der Waals surface area contributed by atoms with Crippen LogP contribution >= 0.6 is 68.4 Å². The molecule has 136 valence electrons. The Morgan fingerprint density at radius 3 is 2.80 bits per heavy atom. The van der Waals surface area contributed by atoms with E-state index in [1.807, 2.05) is 12.3 Å². The molecule has 4 atom stereocenters. The van der Waals surface area contributed by atoms with E-state index in [1.165, 1.54) is 3.58 Å². The van der Waals surface area contributed by atoms with Crippen LogP contribution in [0.5, 0.6) is 0 Å². The van der Waals surface area contributed by atoms with Gasteiger partial charge in [0.1, 0.15) is 12.2 Å². The molecule has 0 aromatic heterocycles. The van der Waals surface area contributed by atoms with Crippen molar-refractivity contribution in [3.63, 3.8) is 0 Å². The van der Waals surface area contributed by atoms with Crippen LogP contribution in [0.15, 0.2) is 48.5 Å². The minimum Gasteiger partial charge on any atom is -0.314 e. The van der Waals surface area contributed by atoms with Gasteiger partial charge in [0.2, 0.25) is 0 Å². The smallest absolute Gasteiger partial charge is 0.125 e. The van der Waals surface area contributed by atoms with Crippen LogP contribution in [-0.2, 0) is 9.68 Å². The Balaban J connectivity index is 1.77. The third-order valence-corrected chi connectivity index (χ3v) is 6.18. The van der Waals surface area contributed by atoms with Crippen molar-refractivity contribution in [3.8, 4) is 0 Å². The van der Waals surface area contributed by atoms with Crippen LogP contribution in [-0.4, -0.2) is 42.0 Å². The van der Waals surface area contributed by atoms with Gasteiger partial charge in [-0.2, -0.15) is 0 Å². The Bertz CT molecular complexity index is 664. The molecule has 3 rings (SSSR count). The Hall–Kier alpha value is 0.510. The van der Waals surface area contributed by atoms with Gasteiger partial charge in [0.25, 0.3) is 0 Å². The van der Waals surface area contributed by atoms with Gasteiger partial charge in [0.15, 0.2) is 0 Å². The van der Waals surface area contributed by atoms with Gasteiger partial charge in [-0.05, 0) is 34.7 Å². The van der Waals surface area contributed by atoms with E-state index in [2.05, 4.69) is 73.3 Å². The monoisotopic (exact) mass is 607 g/mol. The first kappa shape index (κ1) is 20.2. The number of halogens is 4. The van der Waals surface area contributed by atoms with E-state index in [-0.39, 0.29) is 22.1 Å². The van der Waals surface area contributed by atoms with E-state index in [0.717, 1.165) is 12.1 Å². The van der Waals surface area contributed by atoms with Crippen LogP contribution < -0.4 is 11.0 Å². The summed E-state index contributed by atoms with van der Waals surface area (Å²) in [6.07, 6.45) is 9.16. The molecule has 0 radical (unpaired) electrons. The molecule has 0 fully saturated rings. The average Bonchev–Trinajstić information content (AvgIpc) is 2.55. The lowest BCUT2D eigenvalue weighted by Gasteiger charge is -2.29. The predicted octanol–water partition coefficient (Wildman–Crippen LogP) is 3.79. The molecular weight excluding hydrogens is 591 g/mol. The van der Waals surface area contributed by atoms with E-state index in [9.17, 15) is 0 Å². The Labute approximate surface area is 184 Å². The van der Waals surface area contributed by atoms with Crippen LogP contribution in [0, 0.1) is 5.92 Å². The van der Waals surface area contributed by atoms with Crippen LogP contribution in [0.1, 0.15) is 0 Å². The highest BCUT2D eigenvalue weighted by molar-refractivity contribution is 14.1. The van der Waals surface area contributed by atoms with Crippen molar-refractivity contribution >= 4 is 74.6 Å². The zero-order chi connectivity index (χ0) is 17.8. The van der Waals surface area contributed by atoms with E-state index < -0.39 is 0 Å². The first-order valence-corrected chi connectivity index (χ1v) is 10.9. The summed E-state index contributed by atoms with van der Waals surface area (Å²) < 4.78 is 1.33. The zero-order valence-corrected chi connectivity index (χ0v) is 18.9. The molecular formula is C16H17Cl2I2N3O2. The Kier molecular flexibility index (Phi) is 7.80. The lowest BCUT2D eigenvalue weighted by Crippen LogP contribution is -2.40. The zero-order valence-electron chi connectivity index (χ0n) is 13.1. The first-order chi connectivity index (χ1) is 12.0. The summed E-state index contributed by atoms with van der Waals surface area (Å²) >= 11 is 17.1. The van der Waals surface area contributed by atoms with Gasteiger partial charge in [-0.3, -0.25) is 14.7 Å². The summed E-state index contributed by atoms with van der Waals surface area (Å²) in [4.78, 5) is 16.0. The van der Waals surface area contributed by atoms with Crippen molar-refractivity contribution in [3.05, 3.63) is 43.5 Å². The summed E-state index contributed by atoms with van der Waals surface area (Å²) in [6.45, 7) is 2.13. The lowest BCUT2D eigenvalue weighted by molar-refractivity contribution is -0.209. The van der Waals surface area contributed by atoms with Crippen molar-refractivity contribution in [1.82, 2.24) is 11.0 Å². The number of hydrogen-bond donors (Lipinski definition) is 2. The number of nitrogens with one attached hydrogen (secondary N) is 2. The summed E-state index contributed by atoms with van der Waals surface area (Å²) in [5, 5.41) is 4.53. The summed E-state index contributed by atoms with van der Waals surface area (Å²) in [5.41, 5.74) is 3.65. The molecule has 25 heavy (non-hydrogen) atoms. The standard InChI is InChI=1S/C16H17Cl2I2N3O2/c17-11-3-9-7-21-1-2-22-8-10-4-12(19)6-14(20)16(10)25-23-24-15(9)13(18)5-11/h3-6,8-9,14-16,21,23H,1-2,7H2. The van der Waals surface area contributed by atoms with Crippen molar-refractivity contribution in [2.45, 2.75) is 16.1 Å². The van der Waals surface area contributed by atoms with Crippen LogP contribution in [0.2, 0.25) is 0 Å². The van der Waals surface area contributed by atoms with Crippen LogP contribution in [0.25, 0.3) is 0 Å². The van der Waals surface area contributed by atoms with Gasteiger partial charge in [-0.15, -0.1) is 0 Å². The van der Waals surface area contributed by atoms with Gasteiger partial charge in [-0.25, -0.2) is 0 Å². The summed E-state index contributed by atoms with van der Waals surface area (Å²) in [7, 11) is 0. The topological polar surface area (TPSA) is 54.9 Å². The molecule has 0 aromatic carbocycles. The molecule has 0 saturated carbocycles. The number of alkyl halides is 1. The largest absolute Gasteiger partial charge is 0.314 e. The maximum Gasteiger partial charge on any atom is 0.125 e. The molecule has 2 aliphatic carbocycles. The van der Waals surface area contributed by atoms with E-state index in [4.69, 9.17) is 32.9 Å². The molecule has 0 saturated heterocycles. The number of fused-ring (bicyclic) bond motifs is 2. The van der Waals surface area contributed by atoms with Crippen molar-refractivity contribution in [1.29, 1.82) is 0 Å². The van der Waals surface area contributed by atoms with Gasteiger partial charge in [-0.1, -0.05) is 63.6 Å². The quantitative estimate of drug-likeness (QED) is 0.325. The van der Waals surface area contributed by atoms with Crippen LogP contribution in [0.4, 0.5) is 0 Å². The highest BCUT2D eigenvalue weighted by atomic mass is 127. The summed E-state index contributed by atoms with van der Waals surface area (Å²) in [5.74, 6) is 0.00319. The number of allylic oxidation sites excluding steroid dienone is 4. The molecule has 4 unspecified atom stereocenters. The maximum absolute atomic E-state index is 6.33. The van der Waals surface area contributed by atoms with Gasteiger partial charge in [0.05, 0.1) is 15.5 Å². The fourth-order valence-corrected chi connectivity index (χ4v) is 5.78. The van der Waals surface area contributed by atoms with E-state index >= 15 is 0 Å². The minimum absolute atomic E-state index is 0.00319. The second-order valence-corrected chi connectivity index (χ2v) is 9.34. The third kappa shape index (κ3) is 5.50. The molecule has 2 N–H and O–H groups in total. The molecule has 0 bridgehead atoms. The van der Waals surface area contributed by atoms with Gasteiger partial charge >= 0.3 is 0 Å². The SMILES string of the molecule is ClC1=CC2CNCCN=CC3=CC(I)=CC(I)C3ONOC2C(Cl)=C1. The average molecular weight is 608 g/mol. The predicted molar refractivity (Wildman–Crippen MR) is 118 cm³/mol. The Morgan fingerprint density at radius 1 is 1.16 bits per heavy atom. The van der Waals surface area contributed by atoms with Crippen LogP contribution in [0.3, 0.4) is 0 Å². The highest BCUT2D eigenvalue weighted by Crippen LogP contribution is 2.31. The normalized spacial score (nSPS) is 34.1. The number of hydrogen-bond acceptors (Lipinski definition) is 5. The molecule has 0 spiro atoms. The number of nitrogens with zero attached hydrogens (tertiary/aromatic N) is 1. The first-order valence-electron chi connectivity index (χ1n) is 7.79. The third-order valence-electron chi connectivity index (χ3n) is 3.94. The lowest BCUT2D eigenvalue weighted by atomic mass is 9.97.